The number of benzene rings is 1. The van der Waals surface area contributed by atoms with Gasteiger partial charge in [0.05, 0.1) is 7.11 Å². The van der Waals surface area contributed by atoms with Crippen molar-refractivity contribution in [3.05, 3.63) is 41.6 Å². The molecule has 0 heterocycles. The summed E-state index contributed by atoms with van der Waals surface area (Å²) in [6.07, 6.45) is 4.31. The van der Waals surface area contributed by atoms with E-state index in [9.17, 15) is 4.79 Å². The highest BCUT2D eigenvalue weighted by molar-refractivity contribution is 5.92. The van der Waals surface area contributed by atoms with Crippen LogP contribution in [0.15, 0.2) is 36.0 Å². The van der Waals surface area contributed by atoms with Gasteiger partial charge in [-0.25, -0.2) is 0 Å². The maximum Gasteiger partial charge on any atom is 0.158 e. The zero-order valence-corrected chi connectivity index (χ0v) is 13.8. The fourth-order valence-electron chi connectivity index (χ4n) is 2.79. The molecule has 4 heteroatoms. The predicted molar refractivity (Wildman–Crippen MR) is 89.2 cm³/mol. The molecule has 4 nitrogen and oxygen atoms in total. The summed E-state index contributed by atoms with van der Waals surface area (Å²) in [6.45, 7) is 1.95. The number of hydrogen-bond acceptors (Lipinski definition) is 4. The Morgan fingerprint density at radius 1 is 1.32 bits per heavy atom. The lowest BCUT2D eigenvalue weighted by atomic mass is 9.85. The van der Waals surface area contributed by atoms with E-state index in [1.165, 1.54) is 5.56 Å². The number of hydrogen-bond donors (Lipinski definition) is 1. The van der Waals surface area contributed by atoms with Crippen LogP contribution >= 0.6 is 0 Å². The first-order valence-electron chi connectivity index (χ1n) is 7.84. The molecule has 0 bridgehead atoms. The molecule has 1 aliphatic carbocycles. The first kappa shape index (κ1) is 16.6. The van der Waals surface area contributed by atoms with Crippen molar-refractivity contribution in [2.75, 3.05) is 34.3 Å². The molecular weight excluding hydrogens is 276 g/mol. The van der Waals surface area contributed by atoms with Crippen LogP contribution in [0, 0.1) is 0 Å². The molecule has 0 unspecified atom stereocenters. The molecule has 1 N–H and O–H groups in total. The number of carbonyl (C=O) groups excluding carboxylic acids is 1. The lowest BCUT2D eigenvalue weighted by Gasteiger charge is -2.24. The number of rotatable bonds is 7. The average molecular weight is 302 g/mol. The third-order valence-corrected chi connectivity index (χ3v) is 3.95. The van der Waals surface area contributed by atoms with Crippen molar-refractivity contribution in [2.24, 2.45) is 0 Å². The van der Waals surface area contributed by atoms with Crippen LogP contribution in [0.1, 0.15) is 30.7 Å². The monoisotopic (exact) mass is 302 g/mol. The van der Waals surface area contributed by atoms with Gasteiger partial charge in [-0.05, 0) is 57.1 Å². The zero-order chi connectivity index (χ0) is 15.9. The molecule has 1 atom stereocenters. The second-order valence-corrected chi connectivity index (χ2v) is 6.10. The number of carbonyl (C=O) groups is 1. The van der Waals surface area contributed by atoms with Crippen molar-refractivity contribution in [2.45, 2.75) is 25.2 Å². The number of nitrogens with zero attached hydrogens (tertiary/aromatic N) is 1. The van der Waals surface area contributed by atoms with Gasteiger partial charge >= 0.3 is 0 Å². The molecule has 0 aliphatic heterocycles. The topological polar surface area (TPSA) is 41.6 Å². The van der Waals surface area contributed by atoms with Gasteiger partial charge in [0.2, 0.25) is 0 Å². The maximum absolute atomic E-state index is 12.0. The van der Waals surface area contributed by atoms with Gasteiger partial charge in [-0.1, -0.05) is 12.1 Å². The summed E-state index contributed by atoms with van der Waals surface area (Å²) < 4.78 is 5.28. The quantitative estimate of drug-likeness (QED) is 0.786. The van der Waals surface area contributed by atoms with Crippen molar-refractivity contribution < 1.29 is 9.53 Å². The van der Waals surface area contributed by atoms with E-state index >= 15 is 0 Å². The van der Waals surface area contributed by atoms with E-state index in [1.807, 2.05) is 18.2 Å². The second-order valence-electron chi connectivity index (χ2n) is 6.10. The molecule has 0 radical (unpaired) electrons. The van der Waals surface area contributed by atoms with Crippen LogP contribution in [0.25, 0.3) is 0 Å². The molecule has 1 aliphatic rings. The van der Waals surface area contributed by atoms with Crippen LogP contribution in [0.5, 0.6) is 5.75 Å². The van der Waals surface area contributed by atoms with Gasteiger partial charge in [0.1, 0.15) is 5.75 Å². The Kier molecular flexibility index (Phi) is 6.01. The first-order valence-corrected chi connectivity index (χ1v) is 7.84. The molecule has 0 fully saturated rings. The molecule has 22 heavy (non-hydrogen) atoms. The Labute approximate surface area is 133 Å². The SMILES string of the molecule is COc1cccc([C@@H]2CC(=O)C=C(NCCCN(C)C)C2)c1. The average Bonchev–Trinajstić information content (AvgIpc) is 2.51. The van der Waals surface area contributed by atoms with Gasteiger partial charge in [-0.15, -0.1) is 0 Å². The number of nitrogens with one attached hydrogen (secondary N) is 1. The smallest absolute Gasteiger partial charge is 0.158 e. The molecule has 1 aromatic carbocycles. The van der Waals surface area contributed by atoms with Crippen LogP contribution < -0.4 is 10.1 Å². The molecular formula is C18H26N2O2. The van der Waals surface area contributed by atoms with E-state index in [0.717, 1.165) is 37.4 Å². The minimum absolute atomic E-state index is 0.203. The second kappa shape index (κ2) is 7.99. The minimum Gasteiger partial charge on any atom is -0.497 e. The Bertz CT molecular complexity index is 538. The van der Waals surface area contributed by atoms with Gasteiger partial charge in [0, 0.05) is 24.7 Å². The molecule has 0 saturated heterocycles. The van der Waals surface area contributed by atoms with Crippen molar-refractivity contribution >= 4 is 5.78 Å². The highest BCUT2D eigenvalue weighted by atomic mass is 16.5. The highest BCUT2D eigenvalue weighted by Crippen LogP contribution is 2.32. The third kappa shape index (κ3) is 4.88. The maximum atomic E-state index is 12.0. The molecule has 0 saturated carbocycles. The number of ether oxygens (including phenoxy) is 1. The standard InChI is InChI=1S/C18H26N2O2/c1-20(2)9-5-8-19-16-10-15(11-17(21)13-16)14-6-4-7-18(12-14)22-3/h4,6-7,12-13,15,19H,5,8-11H2,1-3H3/t15-/m0/s1. The summed E-state index contributed by atoms with van der Waals surface area (Å²) in [5, 5.41) is 3.42. The number of allylic oxidation sites excluding steroid dienone is 2. The van der Waals surface area contributed by atoms with Crippen LogP contribution in [0.2, 0.25) is 0 Å². The fourth-order valence-corrected chi connectivity index (χ4v) is 2.79. The van der Waals surface area contributed by atoms with Crippen molar-refractivity contribution in [1.29, 1.82) is 0 Å². The van der Waals surface area contributed by atoms with Gasteiger partial charge in [0.15, 0.2) is 5.78 Å². The summed E-state index contributed by atoms with van der Waals surface area (Å²) >= 11 is 0. The Morgan fingerprint density at radius 3 is 2.86 bits per heavy atom. The Balaban J connectivity index is 1.95. The summed E-state index contributed by atoms with van der Waals surface area (Å²) in [7, 11) is 5.81. The van der Waals surface area contributed by atoms with E-state index < -0.39 is 0 Å². The summed E-state index contributed by atoms with van der Waals surface area (Å²) in [5.41, 5.74) is 2.23. The van der Waals surface area contributed by atoms with Gasteiger partial charge in [0.25, 0.3) is 0 Å². The molecule has 120 valence electrons. The summed E-state index contributed by atoms with van der Waals surface area (Å²) in [6, 6.07) is 8.04. The number of ketones is 1. The largest absolute Gasteiger partial charge is 0.497 e. The van der Waals surface area contributed by atoms with Crippen molar-refractivity contribution in [1.82, 2.24) is 10.2 Å². The summed E-state index contributed by atoms with van der Waals surface area (Å²) in [4.78, 5) is 14.2. The van der Waals surface area contributed by atoms with Crippen LogP contribution in [0.3, 0.4) is 0 Å². The molecule has 1 aromatic rings. The molecule has 2 rings (SSSR count). The molecule has 0 aromatic heterocycles. The molecule has 0 spiro atoms. The van der Waals surface area contributed by atoms with Crippen molar-refractivity contribution in [3.8, 4) is 5.75 Å². The van der Waals surface area contributed by atoms with Gasteiger partial charge in [-0.3, -0.25) is 4.79 Å². The normalized spacial score (nSPS) is 18.3. The predicted octanol–water partition coefficient (Wildman–Crippen LogP) is 2.57. The summed E-state index contributed by atoms with van der Waals surface area (Å²) in [5.74, 6) is 1.29. The van der Waals surface area contributed by atoms with E-state index in [2.05, 4.69) is 30.4 Å². The van der Waals surface area contributed by atoms with E-state index in [4.69, 9.17) is 4.74 Å². The van der Waals surface area contributed by atoms with E-state index in [1.54, 1.807) is 13.2 Å². The lowest BCUT2D eigenvalue weighted by Crippen LogP contribution is -2.25. The number of methoxy groups -OCH3 is 1. The van der Waals surface area contributed by atoms with E-state index in [-0.39, 0.29) is 11.7 Å². The highest BCUT2D eigenvalue weighted by Gasteiger charge is 2.22. The fraction of sp³-hybridized carbons (Fsp3) is 0.500. The lowest BCUT2D eigenvalue weighted by molar-refractivity contribution is -0.115. The third-order valence-electron chi connectivity index (χ3n) is 3.95. The zero-order valence-electron chi connectivity index (χ0n) is 13.8. The van der Waals surface area contributed by atoms with Crippen LogP contribution in [-0.2, 0) is 4.79 Å². The van der Waals surface area contributed by atoms with E-state index in [0.29, 0.717) is 6.42 Å². The Hall–Kier alpha value is -1.81. The first-order chi connectivity index (χ1) is 10.6. The van der Waals surface area contributed by atoms with Crippen LogP contribution in [0.4, 0.5) is 0 Å². The van der Waals surface area contributed by atoms with Crippen molar-refractivity contribution in [3.63, 3.8) is 0 Å². The van der Waals surface area contributed by atoms with Gasteiger partial charge < -0.3 is 15.0 Å². The Morgan fingerprint density at radius 2 is 2.14 bits per heavy atom. The minimum atomic E-state index is 0.203. The van der Waals surface area contributed by atoms with Crippen LogP contribution in [-0.4, -0.2) is 45.0 Å². The molecule has 0 amide bonds. The van der Waals surface area contributed by atoms with Gasteiger partial charge in [-0.2, -0.15) is 0 Å².